The van der Waals surface area contributed by atoms with E-state index in [0.29, 0.717) is 0 Å². The summed E-state index contributed by atoms with van der Waals surface area (Å²) in [6.45, 7) is 6.48. The molecule has 124 valence electrons. The number of cyclic esters (lactones) is 2. The van der Waals surface area contributed by atoms with Crippen molar-refractivity contribution in [3.8, 4) is 5.75 Å². The molecule has 0 unspecified atom stereocenters. The summed E-state index contributed by atoms with van der Waals surface area (Å²) in [7, 11) is 0. The van der Waals surface area contributed by atoms with Crippen LogP contribution in [0.1, 0.15) is 27.7 Å². The second kappa shape index (κ2) is 6.28. The first kappa shape index (κ1) is 16.8. The summed E-state index contributed by atoms with van der Waals surface area (Å²) >= 11 is 0. The van der Waals surface area contributed by atoms with E-state index < -0.39 is 23.5 Å². The quantitative estimate of drug-likeness (QED) is 0.522. The molecule has 1 aromatic rings. The third kappa shape index (κ3) is 4.00. The van der Waals surface area contributed by atoms with E-state index in [-0.39, 0.29) is 23.1 Å². The fraction of sp³-hybridized carbons (Fsp3) is 0.375. The number of benzene rings is 1. The summed E-state index contributed by atoms with van der Waals surface area (Å²) in [6, 6.07) is 4.30. The summed E-state index contributed by atoms with van der Waals surface area (Å²) in [4.78, 5) is 23.7. The van der Waals surface area contributed by atoms with Gasteiger partial charge in [-0.3, -0.25) is 0 Å². The van der Waals surface area contributed by atoms with Gasteiger partial charge < -0.3 is 19.5 Å². The highest BCUT2D eigenvalue weighted by atomic mass is 19.1. The Morgan fingerprint density at radius 2 is 1.83 bits per heavy atom. The molecule has 0 aliphatic carbocycles. The molecule has 1 N–H and O–H groups in total. The number of carbonyl (C=O) groups excluding carboxylic acids is 2. The Labute approximate surface area is 133 Å². The van der Waals surface area contributed by atoms with Crippen LogP contribution >= 0.6 is 0 Å². The molecule has 1 heterocycles. The van der Waals surface area contributed by atoms with E-state index in [9.17, 15) is 14.0 Å². The van der Waals surface area contributed by atoms with Crippen molar-refractivity contribution in [2.45, 2.75) is 39.6 Å². The lowest BCUT2D eigenvalue weighted by Gasteiger charge is -2.29. The molecule has 1 aromatic carbocycles. The van der Waals surface area contributed by atoms with Crippen molar-refractivity contribution in [1.29, 1.82) is 0 Å². The molecule has 1 fully saturated rings. The van der Waals surface area contributed by atoms with E-state index in [1.54, 1.807) is 19.9 Å². The second-order valence-corrected chi connectivity index (χ2v) is 5.66. The van der Waals surface area contributed by atoms with E-state index >= 15 is 0 Å². The van der Waals surface area contributed by atoms with Crippen LogP contribution in [-0.2, 0) is 19.1 Å². The summed E-state index contributed by atoms with van der Waals surface area (Å²) < 4.78 is 29.4. The monoisotopic (exact) mass is 323 g/mol. The molecule has 2 rings (SSSR count). The first-order valence-corrected chi connectivity index (χ1v) is 7.08. The van der Waals surface area contributed by atoms with Crippen molar-refractivity contribution in [3.63, 3.8) is 0 Å². The van der Waals surface area contributed by atoms with Gasteiger partial charge >= 0.3 is 11.9 Å². The van der Waals surface area contributed by atoms with Gasteiger partial charge in [0.1, 0.15) is 17.3 Å². The largest absolute Gasteiger partial charge is 0.489 e. The van der Waals surface area contributed by atoms with E-state index in [2.05, 4.69) is 5.32 Å². The highest BCUT2D eigenvalue weighted by Gasteiger charge is 2.39. The molecule has 0 radical (unpaired) electrons. The minimum absolute atomic E-state index is 0.0131. The predicted octanol–water partition coefficient (Wildman–Crippen LogP) is 2.74. The third-order valence-corrected chi connectivity index (χ3v) is 2.82. The number of esters is 2. The first-order valence-electron chi connectivity index (χ1n) is 7.08. The topological polar surface area (TPSA) is 73.9 Å². The number of ether oxygens (including phenoxy) is 3. The Bertz CT molecular complexity index is 644. The van der Waals surface area contributed by atoms with E-state index in [0.717, 1.165) is 6.20 Å². The van der Waals surface area contributed by atoms with Crippen molar-refractivity contribution in [3.05, 3.63) is 35.8 Å². The zero-order valence-corrected chi connectivity index (χ0v) is 13.3. The molecular formula is C16H18FNO5. The summed E-state index contributed by atoms with van der Waals surface area (Å²) in [5.74, 6) is -3.34. The van der Waals surface area contributed by atoms with Crippen LogP contribution in [0.5, 0.6) is 5.75 Å². The van der Waals surface area contributed by atoms with Crippen molar-refractivity contribution in [2.24, 2.45) is 0 Å². The number of anilines is 1. The highest BCUT2D eigenvalue weighted by molar-refractivity contribution is 6.15. The van der Waals surface area contributed by atoms with Gasteiger partial charge in [0.15, 0.2) is 5.57 Å². The smallest absolute Gasteiger partial charge is 0.350 e. The fourth-order valence-electron chi connectivity index (χ4n) is 1.92. The summed E-state index contributed by atoms with van der Waals surface area (Å²) in [5, 5.41) is 2.58. The molecule has 0 spiro atoms. The first-order chi connectivity index (χ1) is 10.7. The maximum Gasteiger partial charge on any atom is 0.350 e. The van der Waals surface area contributed by atoms with Gasteiger partial charge in [0.2, 0.25) is 0 Å². The summed E-state index contributed by atoms with van der Waals surface area (Å²) in [6.07, 6.45) is 0.876. The number of carbonyl (C=O) groups is 2. The van der Waals surface area contributed by atoms with Gasteiger partial charge in [0, 0.05) is 20.0 Å². The summed E-state index contributed by atoms with van der Waals surface area (Å²) in [5.41, 5.74) is -0.345. The minimum Gasteiger partial charge on any atom is -0.489 e. The molecule has 6 nitrogen and oxygen atoms in total. The Morgan fingerprint density at radius 3 is 2.39 bits per heavy atom. The molecule has 0 saturated carbocycles. The minimum atomic E-state index is -1.32. The normalized spacial score (nSPS) is 16.7. The highest BCUT2D eigenvalue weighted by Crippen LogP contribution is 2.29. The van der Waals surface area contributed by atoms with Crippen LogP contribution in [-0.4, -0.2) is 23.8 Å². The standard InChI is InChI=1S/C16H18FNO5/c1-9(2)21-12-7-5-6-11(17)13(12)18-8-10-14(19)22-16(3,4)23-15(10)20/h5-9,18H,1-4H3. The van der Waals surface area contributed by atoms with Crippen molar-refractivity contribution in [2.75, 3.05) is 5.32 Å². The molecular weight excluding hydrogens is 305 g/mol. The lowest BCUT2D eigenvalue weighted by atomic mass is 10.2. The van der Waals surface area contributed by atoms with Crippen LogP contribution < -0.4 is 10.1 Å². The zero-order chi connectivity index (χ0) is 17.2. The lowest BCUT2D eigenvalue weighted by molar-refractivity contribution is -0.222. The SMILES string of the molecule is CC(C)Oc1cccc(F)c1NC=C1C(=O)OC(C)(C)OC1=O. The van der Waals surface area contributed by atoms with Crippen LogP contribution in [0.4, 0.5) is 10.1 Å². The van der Waals surface area contributed by atoms with Gasteiger partial charge in [0.05, 0.1) is 6.10 Å². The fourth-order valence-corrected chi connectivity index (χ4v) is 1.92. The van der Waals surface area contributed by atoms with Crippen molar-refractivity contribution >= 4 is 17.6 Å². The molecule has 0 aromatic heterocycles. The van der Waals surface area contributed by atoms with Crippen LogP contribution in [0.3, 0.4) is 0 Å². The molecule has 1 aliphatic rings. The van der Waals surface area contributed by atoms with Crippen LogP contribution in [0.25, 0.3) is 0 Å². The Morgan fingerprint density at radius 1 is 1.22 bits per heavy atom. The maximum absolute atomic E-state index is 14.0. The van der Waals surface area contributed by atoms with Gasteiger partial charge in [-0.15, -0.1) is 0 Å². The Hall–Kier alpha value is -2.57. The predicted molar refractivity (Wildman–Crippen MR) is 80.1 cm³/mol. The number of nitrogens with one attached hydrogen (secondary N) is 1. The zero-order valence-electron chi connectivity index (χ0n) is 13.3. The number of rotatable bonds is 4. The van der Waals surface area contributed by atoms with E-state index in [4.69, 9.17) is 14.2 Å². The Balaban J connectivity index is 2.26. The van der Waals surface area contributed by atoms with Gasteiger partial charge in [-0.25, -0.2) is 14.0 Å². The lowest BCUT2D eigenvalue weighted by Crippen LogP contribution is -2.42. The maximum atomic E-state index is 14.0. The van der Waals surface area contributed by atoms with Gasteiger partial charge in [-0.2, -0.15) is 0 Å². The third-order valence-electron chi connectivity index (χ3n) is 2.82. The van der Waals surface area contributed by atoms with Gasteiger partial charge in [-0.05, 0) is 26.0 Å². The number of para-hydroxylation sites is 1. The molecule has 7 heteroatoms. The molecule has 1 saturated heterocycles. The van der Waals surface area contributed by atoms with Crippen molar-refractivity contribution < 1.29 is 28.2 Å². The average Bonchev–Trinajstić information content (AvgIpc) is 2.38. The Kier molecular flexibility index (Phi) is 4.58. The molecule has 0 bridgehead atoms. The van der Waals surface area contributed by atoms with Gasteiger partial charge in [0.25, 0.3) is 5.79 Å². The molecule has 0 amide bonds. The second-order valence-electron chi connectivity index (χ2n) is 5.66. The molecule has 1 aliphatic heterocycles. The van der Waals surface area contributed by atoms with Crippen LogP contribution in [0.2, 0.25) is 0 Å². The van der Waals surface area contributed by atoms with E-state index in [1.807, 2.05) is 0 Å². The van der Waals surface area contributed by atoms with Crippen LogP contribution in [0.15, 0.2) is 30.0 Å². The molecule has 23 heavy (non-hydrogen) atoms. The van der Waals surface area contributed by atoms with Crippen LogP contribution in [0, 0.1) is 5.82 Å². The number of hydrogen-bond donors (Lipinski definition) is 1. The molecule has 0 atom stereocenters. The average molecular weight is 323 g/mol. The number of hydrogen-bond acceptors (Lipinski definition) is 6. The van der Waals surface area contributed by atoms with Gasteiger partial charge in [-0.1, -0.05) is 6.07 Å². The number of halogens is 1. The van der Waals surface area contributed by atoms with E-state index in [1.165, 1.54) is 26.0 Å². The van der Waals surface area contributed by atoms with Crippen molar-refractivity contribution in [1.82, 2.24) is 0 Å².